The summed E-state index contributed by atoms with van der Waals surface area (Å²) in [6, 6.07) is 10.2. The van der Waals surface area contributed by atoms with E-state index in [1.165, 1.54) is 12.3 Å². The Labute approximate surface area is 138 Å². The lowest BCUT2D eigenvalue weighted by Gasteiger charge is -2.07. The summed E-state index contributed by atoms with van der Waals surface area (Å²) in [5.41, 5.74) is 3.02. The first kappa shape index (κ1) is 15.9. The fourth-order valence-corrected chi connectivity index (χ4v) is 2.39. The van der Waals surface area contributed by atoms with E-state index in [2.05, 4.69) is 20.5 Å². The highest BCUT2D eigenvalue weighted by Crippen LogP contribution is 2.23. The molecule has 0 aliphatic rings. The smallest absolute Gasteiger partial charge is 0.255 e. The van der Waals surface area contributed by atoms with E-state index in [1.54, 1.807) is 24.4 Å². The number of pyridine rings is 1. The lowest BCUT2D eigenvalue weighted by molar-refractivity contribution is 0.0955. The molecule has 3 aromatic rings. The largest absolute Gasteiger partial charge is 0.352 e. The van der Waals surface area contributed by atoms with Crippen LogP contribution in [0.3, 0.4) is 0 Å². The standard InChI is InChI=1S/C18H17FN4O/c1-12-6-7-13(10-21-12)8-9-20-18(24)15-11-22-23-17(15)14-4-2-3-5-16(14)19/h2-7,10-11H,8-9H2,1H3,(H,20,24)(H,22,23). The highest BCUT2D eigenvalue weighted by molar-refractivity contribution is 5.99. The van der Waals surface area contributed by atoms with Gasteiger partial charge in [0.2, 0.25) is 0 Å². The first-order chi connectivity index (χ1) is 11.6. The zero-order valence-corrected chi connectivity index (χ0v) is 13.2. The molecule has 0 aliphatic carbocycles. The minimum atomic E-state index is -0.401. The number of halogens is 1. The molecule has 24 heavy (non-hydrogen) atoms. The van der Waals surface area contributed by atoms with Gasteiger partial charge in [-0.25, -0.2) is 4.39 Å². The van der Waals surface area contributed by atoms with E-state index in [0.29, 0.717) is 29.8 Å². The van der Waals surface area contributed by atoms with Gasteiger partial charge < -0.3 is 5.32 Å². The number of nitrogens with one attached hydrogen (secondary N) is 2. The third-order valence-electron chi connectivity index (χ3n) is 3.70. The van der Waals surface area contributed by atoms with E-state index >= 15 is 0 Å². The van der Waals surface area contributed by atoms with Crippen molar-refractivity contribution >= 4 is 5.91 Å². The number of H-pyrrole nitrogens is 1. The maximum atomic E-state index is 13.9. The summed E-state index contributed by atoms with van der Waals surface area (Å²) in [5.74, 6) is -0.691. The van der Waals surface area contributed by atoms with Crippen LogP contribution in [0.15, 0.2) is 48.8 Å². The fourth-order valence-electron chi connectivity index (χ4n) is 2.39. The molecule has 2 N–H and O–H groups in total. The van der Waals surface area contributed by atoms with Crippen LogP contribution < -0.4 is 5.32 Å². The second kappa shape index (κ2) is 7.04. The zero-order chi connectivity index (χ0) is 16.9. The average molecular weight is 324 g/mol. The number of aryl methyl sites for hydroxylation is 1. The number of carbonyl (C=O) groups is 1. The molecule has 0 saturated carbocycles. The van der Waals surface area contributed by atoms with Gasteiger partial charge in [0.25, 0.3) is 5.91 Å². The van der Waals surface area contributed by atoms with Crippen molar-refractivity contribution < 1.29 is 9.18 Å². The molecule has 0 fully saturated rings. The molecule has 122 valence electrons. The first-order valence-corrected chi connectivity index (χ1v) is 7.63. The molecule has 0 saturated heterocycles. The number of hydrogen-bond acceptors (Lipinski definition) is 3. The Balaban J connectivity index is 1.67. The molecule has 2 aromatic heterocycles. The Hall–Kier alpha value is -3.02. The summed E-state index contributed by atoms with van der Waals surface area (Å²) < 4.78 is 13.9. The Kier molecular flexibility index (Phi) is 4.65. The molecule has 0 unspecified atom stereocenters. The normalized spacial score (nSPS) is 10.6. The Bertz CT molecular complexity index is 842. The van der Waals surface area contributed by atoms with Crippen LogP contribution in [0.25, 0.3) is 11.3 Å². The quantitative estimate of drug-likeness (QED) is 0.758. The van der Waals surface area contributed by atoms with Crippen LogP contribution in [-0.4, -0.2) is 27.6 Å². The lowest BCUT2D eigenvalue weighted by atomic mass is 10.1. The molecule has 2 heterocycles. The maximum Gasteiger partial charge on any atom is 0.255 e. The second-order valence-corrected chi connectivity index (χ2v) is 5.45. The van der Waals surface area contributed by atoms with Gasteiger partial charge in [-0.15, -0.1) is 0 Å². The third-order valence-corrected chi connectivity index (χ3v) is 3.70. The number of benzene rings is 1. The molecule has 6 heteroatoms. The highest BCUT2D eigenvalue weighted by atomic mass is 19.1. The van der Waals surface area contributed by atoms with Crippen molar-refractivity contribution in [2.75, 3.05) is 6.54 Å². The molecule has 0 bridgehead atoms. The zero-order valence-electron chi connectivity index (χ0n) is 13.2. The number of nitrogens with zero attached hydrogens (tertiary/aromatic N) is 2. The summed E-state index contributed by atoms with van der Waals surface area (Å²) in [7, 11) is 0. The van der Waals surface area contributed by atoms with Crippen molar-refractivity contribution in [2.45, 2.75) is 13.3 Å². The van der Waals surface area contributed by atoms with Crippen molar-refractivity contribution in [3.8, 4) is 11.3 Å². The van der Waals surface area contributed by atoms with Crippen molar-refractivity contribution in [1.29, 1.82) is 0 Å². The minimum absolute atomic E-state index is 0.290. The number of hydrogen-bond donors (Lipinski definition) is 2. The Morgan fingerprint density at radius 2 is 2.04 bits per heavy atom. The Morgan fingerprint density at radius 3 is 2.79 bits per heavy atom. The van der Waals surface area contributed by atoms with E-state index in [4.69, 9.17) is 0 Å². The summed E-state index contributed by atoms with van der Waals surface area (Å²) in [6.45, 7) is 2.39. The number of aromatic nitrogens is 3. The lowest BCUT2D eigenvalue weighted by Crippen LogP contribution is -2.26. The van der Waals surface area contributed by atoms with Crippen molar-refractivity contribution in [1.82, 2.24) is 20.5 Å². The van der Waals surface area contributed by atoms with Crippen molar-refractivity contribution in [2.24, 2.45) is 0 Å². The van der Waals surface area contributed by atoms with E-state index in [9.17, 15) is 9.18 Å². The van der Waals surface area contributed by atoms with Gasteiger partial charge in [-0.3, -0.25) is 14.9 Å². The van der Waals surface area contributed by atoms with Crippen LogP contribution >= 0.6 is 0 Å². The second-order valence-electron chi connectivity index (χ2n) is 5.45. The van der Waals surface area contributed by atoms with Crippen LogP contribution in [-0.2, 0) is 6.42 Å². The summed E-state index contributed by atoms with van der Waals surface area (Å²) >= 11 is 0. The van der Waals surface area contributed by atoms with E-state index < -0.39 is 5.82 Å². The van der Waals surface area contributed by atoms with Gasteiger partial charge in [0.1, 0.15) is 5.82 Å². The summed E-state index contributed by atoms with van der Waals surface area (Å²) in [5, 5.41) is 9.40. The highest BCUT2D eigenvalue weighted by Gasteiger charge is 2.17. The number of rotatable bonds is 5. The molecule has 1 aromatic carbocycles. The van der Waals surface area contributed by atoms with Crippen molar-refractivity contribution in [3.63, 3.8) is 0 Å². The molecule has 5 nitrogen and oxygen atoms in total. The van der Waals surface area contributed by atoms with Gasteiger partial charge in [-0.1, -0.05) is 18.2 Å². The van der Waals surface area contributed by atoms with Gasteiger partial charge in [0, 0.05) is 24.0 Å². The predicted octanol–water partition coefficient (Wildman–Crippen LogP) is 2.89. The topological polar surface area (TPSA) is 70.7 Å². The van der Waals surface area contributed by atoms with Crippen LogP contribution in [0.5, 0.6) is 0 Å². The van der Waals surface area contributed by atoms with E-state index in [-0.39, 0.29) is 5.91 Å². The van der Waals surface area contributed by atoms with Gasteiger partial charge in [-0.05, 0) is 37.1 Å². The van der Waals surface area contributed by atoms with E-state index in [1.807, 2.05) is 19.1 Å². The van der Waals surface area contributed by atoms with Crippen molar-refractivity contribution in [3.05, 3.63) is 71.4 Å². The fraction of sp³-hybridized carbons (Fsp3) is 0.167. The van der Waals surface area contributed by atoms with Crippen LogP contribution in [0, 0.1) is 12.7 Å². The molecule has 0 radical (unpaired) electrons. The van der Waals surface area contributed by atoms with Crippen LogP contribution in [0.4, 0.5) is 4.39 Å². The molecule has 1 amide bonds. The van der Waals surface area contributed by atoms with E-state index in [0.717, 1.165) is 11.3 Å². The molecule has 3 rings (SSSR count). The van der Waals surface area contributed by atoms with Gasteiger partial charge in [-0.2, -0.15) is 5.10 Å². The SMILES string of the molecule is Cc1ccc(CCNC(=O)c2cn[nH]c2-c2ccccc2F)cn1. The van der Waals surface area contributed by atoms with Gasteiger partial charge >= 0.3 is 0 Å². The third kappa shape index (κ3) is 3.48. The molecular weight excluding hydrogens is 307 g/mol. The Morgan fingerprint density at radius 1 is 1.21 bits per heavy atom. The molecule has 0 atom stereocenters. The number of carbonyl (C=O) groups excluding carboxylic acids is 1. The maximum absolute atomic E-state index is 13.9. The average Bonchev–Trinajstić information content (AvgIpc) is 3.06. The molecule has 0 spiro atoms. The predicted molar refractivity (Wildman–Crippen MR) is 89.0 cm³/mol. The monoisotopic (exact) mass is 324 g/mol. The van der Waals surface area contributed by atoms with Gasteiger partial charge in [0.15, 0.2) is 0 Å². The molecule has 0 aliphatic heterocycles. The minimum Gasteiger partial charge on any atom is -0.352 e. The van der Waals surface area contributed by atoms with Crippen LogP contribution in [0.2, 0.25) is 0 Å². The molecular formula is C18H17FN4O. The number of amides is 1. The summed E-state index contributed by atoms with van der Waals surface area (Å²) in [4.78, 5) is 16.6. The summed E-state index contributed by atoms with van der Waals surface area (Å²) in [6.07, 6.45) is 3.88. The van der Waals surface area contributed by atoms with Gasteiger partial charge in [0.05, 0.1) is 17.5 Å². The number of aromatic amines is 1. The van der Waals surface area contributed by atoms with Crippen LogP contribution in [0.1, 0.15) is 21.6 Å². The first-order valence-electron chi connectivity index (χ1n) is 7.63.